The van der Waals surface area contributed by atoms with Crippen LogP contribution in [0.4, 0.5) is 5.69 Å². The van der Waals surface area contributed by atoms with E-state index in [9.17, 15) is 4.79 Å². The zero-order valence-corrected chi connectivity index (χ0v) is 12.6. The summed E-state index contributed by atoms with van der Waals surface area (Å²) in [5.74, 6) is -0.0640. The van der Waals surface area contributed by atoms with Gasteiger partial charge in [0, 0.05) is 17.8 Å². The second-order valence-electron chi connectivity index (χ2n) is 5.40. The van der Waals surface area contributed by atoms with Crippen molar-refractivity contribution in [2.45, 2.75) is 18.9 Å². The van der Waals surface area contributed by atoms with Crippen LogP contribution in [-0.4, -0.2) is 17.9 Å². The van der Waals surface area contributed by atoms with Gasteiger partial charge in [0.1, 0.15) is 0 Å². The van der Waals surface area contributed by atoms with Crippen LogP contribution in [0.1, 0.15) is 33.9 Å². The van der Waals surface area contributed by atoms with E-state index in [1.54, 1.807) is 23.1 Å². The number of halogens is 1. The minimum atomic E-state index is -0.0640. The third-order valence-electron chi connectivity index (χ3n) is 4.13. The van der Waals surface area contributed by atoms with E-state index in [1.807, 2.05) is 19.2 Å². The molecule has 0 aromatic heterocycles. The fourth-order valence-corrected chi connectivity index (χ4v) is 3.18. The van der Waals surface area contributed by atoms with Crippen molar-refractivity contribution in [3.8, 4) is 0 Å². The number of nitrogens with two attached hydrogens (primary N) is 1. The van der Waals surface area contributed by atoms with Crippen molar-refractivity contribution < 1.29 is 4.79 Å². The highest BCUT2D eigenvalue weighted by Gasteiger charge is 2.29. The number of fused-ring (bicyclic) bond motifs is 1. The summed E-state index contributed by atoms with van der Waals surface area (Å²) in [7, 11) is 1.84. The van der Waals surface area contributed by atoms with Gasteiger partial charge in [0.2, 0.25) is 0 Å². The molecular weight excluding hydrogens is 284 g/mol. The fraction of sp³-hybridized carbons (Fsp3) is 0.235. The van der Waals surface area contributed by atoms with Crippen LogP contribution in [0.2, 0.25) is 5.02 Å². The lowest BCUT2D eigenvalue weighted by atomic mass is 10.1. The number of nitrogens with zero attached hydrogens (tertiary/aromatic N) is 1. The van der Waals surface area contributed by atoms with Crippen molar-refractivity contribution in [2.75, 3.05) is 12.8 Å². The number of anilines is 1. The van der Waals surface area contributed by atoms with Gasteiger partial charge in [-0.2, -0.15) is 0 Å². The Kier molecular flexibility index (Phi) is 3.60. The second kappa shape index (κ2) is 5.41. The summed E-state index contributed by atoms with van der Waals surface area (Å²) in [6.45, 7) is 0. The van der Waals surface area contributed by atoms with Crippen molar-refractivity contribution in [2.24, 2.45) is 0 Å². The SMILES string of the molecule is CN(C(=O)c1ccc(Cl)cc1N)C1CCc2ccccc21. The average Bonchev–Trinajstić information content (AvgIpc) is 2.90. The van der Waals surface area contributed by atoms with Gasteiger partial charge in [-0.3, -0.25) is 4.79 Å². The largest absolute Gasteiger partial charge is 0.398 e. The molecule has 0 fully saturated rings. The molecule has 1 aliphatic rings. The third kappa shape index (κ3) is 2.49. The number of rotatable bonds is 2. The minimum absolute atomic E-state index is 0.0640. The zero-order valence-electron chi connectivity index (χ0n) is 11.8. The van der Waals surface area contributed by atoms with Gasteiger partial charge in [0.25, 0.3) is 5.91 Å². The summed E-state index contributed by atoms with van der Waals surface area (Å²) in [5, 5.41) is 0.540. The smallest absolute Gasteiger partial charge is 0.256 e. The first kappa shape index (κ1) is 14.0. The van der Waals surface area contributed by atoms with Crippen molar-refractivity contribution in [3.05, 3.63) is 64.2 Å². The summed E-state index contributed by atoms with van der Waals surface area (Å²) in [5.41, 5.74) is 9.41. The van der Waals surface area contributed by atoms with Crippen molar-refractivity contribution in [3.63, 3.8) is 0 Å². The summed E-state index contributed by atoms with van der Waals surface area (Å²) in [4.78, 5) is 14.5. The van der Waals surface area contributed by atoms with E-state index in [2.05, 4.69) is 12.1 Å². The molecule has 4 heteroatoms. The Morgan fingerprint density at radius 3 is 2.81 bits per heavy atom. The fourth-order valence-electron chi connectivity index (χ4n) is 3.00. The molecular formula is C17H17ClN2O. The first-order chi connectivity index (χ1) is 10.1. The molecule has 2 N–H and O–H groups in total. The van der Waals surface area contributed by atoms with E-state index in [1.165, 1.54) is 11.1 Å². The summed E-state index contributed by atoms with van der Waals surface area (Å²) in [6.07, 6.45) is 1.96. The molecule has 0 bridgehead atoms. The number of benzene rings is 2. The molecule has 3 rings (SSSR count). The van der Waals surface area contributed by atoms with Crippen LogP contribution in [0.3, 0.4) is 0 Å². The van der Waals surface area contributed by atoms with Gasteiger partial charge >= 0.3 is 0 Å². The Balaban J connectivity index is 1.89. The van der Waals surface area contributed by atoms with Crippen molar-refractivity contribution in [1.29, 1.82) is 0 Å². The van der Waals surface area contributed by atoms with E-state index >= 15 is 0 Å². The van der Waals surface area contributed by atoms with E-state index < -0.39 is 0 Å². The van der Waals surface area contributed by atoms with E-state index in [0.717, 1.165) is 12.8 Å². The van der Waals surface area contributed by atoms with Crippen molar-refractivity contribution in [1.82, 2.24) is 4.90 Å². The molecule has 0 saturated carbocycles. The molecule has 0 radical (unpaired) electrons. The molecule has 2 aromatic rings. The molecule has 108 valence electrons. The molecule has 0 heterocycles. The van der Waals surface area contributed by atoms with Gasteiger partial charge in [-0.25, -0.2) is 0 Å². The lowest BCUT2D eigenvalue weighted by molar-refractivity contribution is 0.0731. The van der Waals surface area contributed by atoms with Crippen LogP contribution in [0.5, 0.6) is 0 Å². The Labute approximate surface area is 129 Å². The molecule has 1 aliphatic carbocycles. The highest BCUT2D eigenvalue weighted by Crippen LogP contribution is 2.35. The Hall–Kier alpha value is -2.00. The molecule has 3 nitrogen and oxygen atoms in total. The van der Waals surface area contributed by atoms with Gasteiger partial charge < -0.3 is 10.6 Å². The Morgan fingerprint density at radius 1 is 1.29 bits per heavy atom. The number of hydrogen-bond donors (Lipinski definition) is 1. The number of amides is 1. The highest BCUT2D eigenvalue weighted by molar-refractivity contribution is 6.31. The summed E-state index contributed by atoms with van der Waals surface area (Å²) in [6, 6.07) is 13.4. The number of carbonyl (C=O) groups excluding carboxylic acids is 1. The summed E-state index contributed by atoms with van der Waals surface area (Å²) >= 11 is 5.89. The van der Waals surface area contributed by atoms with Gasteiger partial charge in [-0.1, -0.05) is 35.9 Å². The number of aryl methyl sites for hydroxylation is 1. The second-order valence-corrected chi connectivity index (χ2v) is 5.84. The monoisotopic (exact) mass is 300 g/mol. The molecule has 0 saturated heterocycles. The Bertz CT molecular complexity index is 699. The highest BCUT2D eigenvalue weighted by atomic mass is 35.5. The van der Waals surface area contributed by atoms with Crippen LogP contribution in [0.15, 0.2) is 42.5 Å². The zero-order chi connectivity index (χ0) is 15.0. The van der Waals surface area contributed by atoms with Gasteiger partial charge in [0.05, 0.1) is 11.6 Å². The molecule has 1 amide bonds. The van der Waals surface area contributed by atoms with E-state index in [0.29, 0.717) is 16.3 Å². The molecule has 1 unspecified atom stereocenters. The molecule has 2 aromatic carbocycles. The maximum atomic E-state index is 12.7. The predicted octanol–water partition coefficient (Wildman–Crippen LogP) is 3.68. The average molecular weight is 301 g/mol. The minimum Gasteiger partial charge on any atom is -0.398 e. The first-order valence-corrected chi connectivity index (χ1v) is 7.35. The molecule has 0 spiro atoms. The van der Waals surface area contributed by atoms with Crippen LogP contribution < -0.4 is 5.73 Å². The van der Waals surface area contributed by atoms with Crippen LogP contribution >= 0.6 is 11.6 Å². The van der Waals surface area contributed by atoms with Gasteiger partial charge in [-0.15, -0.1) is 0 Å². The lowest BCUT2D eigenvalue weighted by Crippen LogP contribution is -2.30. The summed E-state index contributed by atoms with van der Waals surface area (Å²) < 4.78 is 0. The van der Waals surface area contributed by atoms with Gasteiger partial charge in [0.15, 0.2) is 0 Å². The maximum absolute atomic E-state index is 12.7. The standard InChI is InChI=1S/C17H17ClN2O/c1-20(16-9-6-11-4-2-3-5-13(11)16)17(21)14-8-7-12(18)10-15(14)19/h2-5,7-8,10,16H,6,9,19H2,1H3. The lowest BCUT2D eigenvalue weighted by Gasteiger charge is -2.26. The Morgan fingerprint density at radius 2 is 2.05 bits per heavy atom. The van der Waals surface area contributed by atoms with E-state index in [-0.39, 0.29) is 11.9 Å². The number of carbonyl (C=O) groups is 1. The number of nitrogen functional groups attached to an aromatic ring is 1. The quantitative estimate of drug-likeness (QED) is 0.860. The normalized spacial score (nSPS) is 16.6. The maximum Gasteiger partial charge on any atom is 0.256 e. The van der Waals surface area contributed by atoms with E-state index in [4.69, 9.17) is 17.3 Å². The van der Waals surface area contributed by atoms with Crippen LogP contribution in [-0.2, 0) is 6.42 Å². The van der Waals surface area contributed by atoms with Crippen LogP contribution in [0, 0.1) is 0 Å². The molecule has 21 heavy (non-hydrogen) atoms. The topological polar surface area (TPSA) is 46.3 Å². The van der Waals surface area contributed by atoms with Gasteiger partial charge in [-0.05, 0) is 42.2 Å². The molecule has 0 aliphatic heterocycles. The third-order valence-corrected chi connectivity index (χ3v) is 4.37. The number of hydrogen-bond acceptors (Lipinski definition) is 2. The predicted molar refractivity (Wildman–Crippen MR) is 85.5 cm³/mol. The van der Waals surface area contributed by atoms with Crippen molar-refractivity contribution >= 4 is 23.2 Å². The first-order valence-electron chi connectivity index (χ1n) is 6.98. The molecule has 1 atom stereocenters. The van der Waals surface area contributed by atoms with Crippen LogP contribution in [0.25, 0.3) is 0 Å².